The number of nitrogens with zero attached hydrogens (tertiary/aromatic N) is 4. The Morgan fingerprint density at radius 1 is 1.45 bits per heavy atom. The fourth-order valence-corrected chi connectivity index (χ4v) is 2.84. The van der Waals surface area contributed by atoms with Gasteiger partial charge in [0.05, 0.1) is 0 Å². The van der Waals surface area contributed by atoms with Crippen LogP contribution in [0, 0.1) is 0 Å². The van der Waals surface area contributed by atoms with Gasteiger partial charge in [0.25, 0.3) is 0 Å². The Bertz CT molecular complexity index is 636. The first-order valence-corrected chi connectivity index (χ1v) is 7.16. The molecule has 108 valence electrons. The summed E-state index contributed by atoms with van der Waals surface area (Å²) in [5, 5.41) is 7.79. The smallest absolute Gasteiger partial charge is 0.308 e. The first kappa shape index (κ1) is 14.5. The molecule has 2 heterocycles. The van der Waals surface area contributed by atoms with Crippen molar-refractivity contribution in [3.05, 3.63) is 22.4 Å². The van der Waals surface area contributed by atoms with Crippen molar-refractivity contribution in [2.45, 2.75) is 43.4 Å². The maximum atomic E-state index is 11.6. The lowest BCUT2D eigenvalue weighted by Crippen LogP contribution is -2.16. The highest BCUT2D eigenvalue weighted by atomic mass is 32.2. The number of rotatable bonds is 6. The molecule has 20 heavy (non-hydrogen) atoms. The van der Waals surface area contributed by atoms with Crippen LogP contribution < -0.4 is 17.0 Å². The van der Waals surface area contributed by atoms with Gasteiger partial charge in [-0.25, -0.2) is 25.7 Å². The first-order valence-electron chi connectivity index (χ1n) is 6.34. The van der Waals surface area contributed by atoms with E-state index in [1.54, 1.807) is 4.57 Å². The quantitative estimate of drug-likeness (QED) is 0.409. The number of nitrogens with one attached hydrogen (secondary N) is 2. The molecule has 0 atom stereocenters. The van der Waals surface area contributed by atoms with Crippen molar-refractivity contribution >= 4 is 17.6 Å². The van der Waals surface area contributed by atoms with Gasteiger partial charge in [0.15, 0.2) is 5.16 Å². The second kappa shape index (κ2) is 6.53. The molecule has 0 radical (unpaired) electrons. The fourth-order valence-electron chi connectivity index (χ4n) is 1.83. The number of nitrogens with two attached hydrogens (primary N) is 1. The van der Waals surface area contributed by atoms with E-state index in [-0.39, 0.29) is 5.69 Å². The molecular weight excluding hydrogens is 278 g/mol. The molecule has 2 rings (SSSR count). The third-order valence-corrected chi connectivity index (χ3v) is 3.81. The molecule has 0 unspecified atom stereocenters. The molecule has 0 bridgehead atoms. The summed E-state index contributed by atoms with van der Waals surface area (Å²) in [6.45, 7) is 4.51. The summed E-state index contributed by atoms with van der Waals surface area (Å²) in [6.07, 6.45) is 3.18. The third kappa shape index (κ3) is 2.83. The number of anilines is 1. The van der Waals surface area contributed by atoms with Gasteiger partial charge in [0, 0.05) is 12.1 Å². The summed E-state index contributed by atoms with van der Waals surface area (Å²) in [5.74, 6) is 6.08. The number of H-pyrrole nitrogens is 1. The van der Waals surface area contributed by atoms with Crippen LogP contribution >= 0.6 is 11.8 Å². The van der Waals surface area contributed by atoms with Gasteiger partial charge in [-0.1, -0.05) is 13.3 Å². The Labute approximate surface area is 120 Å². The average Bonchev–Trinajstić information content (AvgIpc) is 2.81. The van der Waals surface area contributed by atoms with Crippen LogP contribution in [-0.2, 0) is 13.0 Å². The van der Waals surface area contributed by atoms with Gasteiger partial charge in [-0.05, 0) is 25.1 Å². The van der Waals surface area contributed by atoms with Crippen molar-refractivity contribution in [1.82, 2.24) is 24.7 Å². The minimum absolute atomic E-state index is 0.224. The molecule has 8 nitrogen and oxygen atoms in total. The van der Waals surface area contributed by atoms with Gasteiger partial charge in [-0.15, -0.1) is 5.10 Å². The van der Waals surface area contributed by atoms with Crippen LogP contribution in [0.1, 0.15) is 25.8 Å². The number of hydrogen-bond donors (Lipinski definition) is 3. The molecule has 0 saturated carbocycles. The van der Waals surface area contributed by atoms with Crippen molar-refractivity contribution in [2.24, 2.45) is 5.84 Å². The lowest BCUT2D eigenvalue weighted by atomic mass is 10.2. The maximum absolute atomic E-state index is 11.6. The van der Waals surface area contributed by atoms with Crippen molar-refractivity contribution in [2.75, 3.05) is 5.43 Å². The average molecular weight is 295 g/mol. The van der Waals surface area contributed by atoms with Crippen molar-refractivity contribution in [3.8, 4) is 0 Å². The Morgan fingerprint density at radius 2 is 2.25 bits per heavy atom. The van der Waals surface area contributed by atoms with Crippen LogP contribution in [0.25, 0.3) is 0 Å². The topological polar surface area (TPSA) is 115 Å². The van der Waals surface area contributed by atoms with E-state index < -0.39 is 0 Å². The zero-order chi connectivity index (χ0) is 14.5. The Balaban J connectivity index is 2.40. The predicted molar refractivity (Wildman–Crippen MR) is 76.5 cm³/mol. The second-order valence-corrected chi connectivity index (χ2v) is 5.01. The second-order valence-electron chi connectivity index (χ2n) is 4.06. The molecule has 0 spiro atoms. The summed E-state index contributed by atoms with van der Waals surface area (Å²) in [5.41, 5.74) is 3.29. The molecule has 4 N–H and O–H groups in total. The van der Waals surface area contributed by atoms with Crippen molar-refractivity contribution < 1.29 is 0 Å². The molecule has 0 saturated heterocycles. The number of hydrogen-bond acceptors (Lipinski definition) is 7. The normalized spacial score (nSPS) is 10.8. The van der Waals surface area contributed by atoms with Crippen molar-refractivity contribution in [3.63, 3.8) is 0 Å². The minimum Gasteiger partial charge on any atom is -0.308 e. The van der Waals surface area contributed by atoms with E-state index in [4.69, 9.17) is 5.84 Å². The molecule has 0 aliphatic rings. The van der Waals surface area contributed by atoms with Gasteiger partial charge < -0.3 is 5.43 Å². The molecular formula is C11H17N7OS. The molecule has 0 amide bonds. The van der Waals surface area contributed by atoms with Crippen LogP contribution in [0.2, 0.25) is 0 Å². The molecule has 2 aromatic rings. The molecule has 2 aromatic heterocycles. The van der Waals surface area contributed by atoms with Crippen LogP contribution in [0.3, 0.4) is 0 Å². The highest BCUT2D eigenvalue weighted by molar-refractivity contribution is 7.99. The fraction of sp³-hybridized carbons (Fsp3) is 0.455. The zero-order valence-corrected chi connectivity index (χ0v) is 12.2. The lowest BCUT2D eigenvalue weighted by Gasteiger charge is -2.10. The van der Waals surface area contributed by atoms with Gasteiger partial charge in [-0.3, -0.25) is 4.57 Å². The first-order chi connectivity index (χ1) is 9.71. The predicted octanol–water partition coefficient (Wildman–Crippen LogP) is 0.771. The van der Waals surface area contributed by atoms with E-state index >= 15 is 0 Å². The molecule has 0 aliphatic heterocycles. The number of nitrogen functional groups attached to an aromatic ring is 1. The van der Waals surface area contributed by atoms with Crippen LogP contribution in [0.5, 0.6) is 0 Å². The van der Waals surface area contributed by atoms with Crippen LogP contribution in [0.4, 0.5) is 5.82 Å². The highest BCUT2D eigenvalue weighted by Gasteiger charge is 2.15. The summed E-state index contributed by atoms with van der Waals surface area (Å²) in [7, 11) is 0. The van der Waals surface area contributed by atoms with Gasteiger partial charge in [0.1, 0.15) is 17.2 Å². The van der Waals surface area contributed by atoms with Gasteiger partial charge in [0.2, 0.25) is 0 Å². The Morgan fingerprint density at radius 3 is 2.90 bits per heavy atom. The molecule has 9 heteroatoms. The van der Waals surface area contributed by atoms with E-state index in [0.717, 1.165) is 23.4 Å². The minimum atomic E-state index is -0.224. The van der Waals surface area contributed by atoms with E-state index in [1.807, 2.05) is 6.92 Å². The highest BCUT2D eigenvalue weighted by Crippen LogP contribution is 2.29. The Hall–Kier alpha value is -1.87. The SMILES string of the molecule is CCCc1c(NN)ncnc1Sc1n[nH]c(=O)n1CC. The van der Waals surface area contributed by atoms with Gasteiger partial charge >= 0.3 is 5.69 Å². The van der Waals surface area contributed by atoms with E-state index in [9.17, 15) is 4.79 Å². The number of aromatic amines is 1. The number of hydrazine groups is 1. The molecule has 0 aromatic carbocycles. The summed E-state index contributed by atoms with van der Waals surface area (Å²) in [6, 6.07) is 0. The van der Waals surface area contributed by atoms with Crippen molar-refractivity contribution in [1.29, 1.82) is 0 Å². The van der Waals surface area contributed by atoms with Gasteiger partial charge in [-0.2, -0.15) is 0 Å². The maximum Gasteiger partial charge on any atom is 0.343 e. The summed E-state index contributed by atoms with van der Waals surface area (Å²) < 4.78 is 1.55. The standard InChI is InChI=1S/C11H17N7OS/c1-3-5-7-8(15-12)13-6-14-9(7)20-11-17-16-10(19)18(11)4-2/h6H,3-5,12H2,1-2H3,(H,16,19)(H,13,14,15). The summed E-state index contributed by atoms with van der Waals surface area (Å²) in [4.78, 5) is 19.9. The van der Waals surface area contributed by atoms with E-state index in [0.29, 0.717) is 17.5 Å². The Kier molecular flexibility index (Phi) is 4.74. The monoisotopic (exact) mass is 295 g/mol. The van der Waals surface area contributed by atoms with Crippen LogP contribution in [-0.4, -0.2) is 24.7 Å². The molecule has 0 aliphatic carbocycles. The largest absolute Gasteiger partial charge is 0.343 e. The summed E-state index contributed by atoms with van der Waals surface area (Å²) >= 11 is 1.33. The van der Waals surface area contributed by atoms with E-state index in [1.165, 1.54) is 18.1 Å². The van der Waals surface area contributed by atoms with Crippen LogP contribution in [0.15, 0.2) is 21.3 Å². The van der Waals surface area contributed by atoms with E-state index in [2.05, 4.69) is 32.5 Å². The number of aromatic nitrogens is 5. The molecule has 0 fully saturated rings. The third-order valence-electron chi connectivity index (χ3n) is 2.77. The lowest BCUT2D eigenvalue weighted by molar-refractivity contribution is 0.659. The zero-order valence-electron chi connectivity index (χ0n) is 11.4.